The van der Waals surface area contributed by atoms with E-state index in [1.807, 2.05) is 44.2 Å². The number of carbonyl (C=O) groups excluding carboxylic acids is 1. The van der Waals surface area contributed by atoms with Crippen LogP contribution in [-0.2, 0) is 16.0 Å². The Morgan fingerprint density at radius 3 is 2.54 bits per heavy atom. The lowest BCUT2D eigenvalue weighted by atomic mass is 9.91. The molecule has 0 saturated heterocycles. The van der Waals surface area contributed by atoms with Crippen LogP contribution in [0.25, 0.3) is 22.1 Å². The number of carboxylic acids is 1. The average Bonchev–Trinajstić information content (AvgIpc) is 2.79. The second-order valence-corrected chi connectivity index (χ2v) is 9.68. The number of hydrogen-bond donors (Lipinski definition) is 2. The largest absolute Gasteiger partial charge is 0.487 e. The van der Waals surface area contributed by atoms with Crippen LogP contribution in [0.2, 0.25) is 0 Å². The summed E-state index contributed by atoms with van der Waals surface area (Å²) in [4.78, 5) is 36.6. The lowest BCUT2D eigenvalue weighted by molar-refractivity contribution is -0.143. The summed E-state index contributed by atoms with van der Waals surface area (Å²) in [6, 6.07) is 11.5. The van der Waals surface area contributed by atoms with E-state index in [1.54, 1.807) is 19.9 Å². The van der Waals surface area contributed by atoms with E-state index in [-0.39, 0.29) is 5.92 Å². The van der Waals surface area contributed by atoms with Gasteiger partial charge in [-0.3, -0.25) is 4.79 Å². The number of benzene rings is 2. The zero-order valence-electron chi connectivity index (χ0n) is 20.2. The van der Waals surface area contributed by atoms with E-state index in [0.29, 0.717) is 34.5 Å². The number of carboxylic acid groups (broad SMARTS) is 1. The lowest BCUT2D eigenvalue weighted by Gasteiger charge is -2.33. The van der Waals surface area contributed by atoms with Crippen LogP contribution >= 0.6 is 0 Å². The van der Waals surface area contributed by atoms with Gasteiger partial charge in [0.25, 0.3) is 5.91 Å². The molecule has 0 fully saturated rings. The Morgan fingerprint density at radius 1 is 1.17 bits per heavy atom. The molecule has 8 nitrogen and oxygen atoms in total. The Labute approximate surface area is 202 Å². The van der Waals surface area contributed by atoms with Crippen LogP contribution in [0, 0.1) is 5.92 Å². The van der Waals surface area contributed by atoms with E-state index in [2.05, 4.69) is 5.32 Å². The molecular weight excluding hydrogens is 450 g/mol. The molecule has 2 heterocycles. The number of carbonyl (C=O) groups is 2. The molecule has 1 aromatic heterocycles. The quantitative estimate of drug-likeness (QED) is 0.489. The summed E-state index contributed by atoms with van der Waals surface area (Å²) in [7, 11) is 0. The van der Waals surface area contributed by atoms with Crippen LogP contribution in [0.4, 0.5) is 0 Å². The van der Waals surface area contributed by atoms with Crippen molar-refractivity contribution < 1.29 is 28.6 Å². The van der Waals surface area contributed by atoms with Gasteiger partial charge < -0.3 is 24.3 Å². The molecule has 0 bridgehead atoms. The fourth-order valence-corrected chi connectivity index (χ4v) is 4.27. The van der Waals surface area contributed by atoms with Gasteiger partial charge in [-0.2, -0.15) is 0 Å². The number of ether oxygens (including phenoxy) is 2. The van der Waals surface area contributed by atoms with E-state index in [0.717, 1.165) is 17.5 Å². The van der Waals surface area contributed by atoms with Crippen LogP contribution in [-0.4, -0.2) is 35.2 Å². The normalized spacial score (nSPS) is 15.2. The summed E-state index contributed by atoms with van der Waals surface area (Å²) in [5.74, 6) is -1.14. The zero-order chi connectivity index (χ0) is 25.3. The van der Waals surface area contributed by atoms with Crippen molar-refractivity contribution in [3.05, 3.63) is 58.4 Å². The van der Waals surface area contributed by atoms with Gasteiger partial charge in [-0.1, -0.05) is 44.2 Å². The third-order valence-electron chi connectivity index (χ3n) is 6.10. The predicted octanol–water partition coefficient (Wildman–Crippen LogP) is 4.17. The molecule has 184 valence electrons. The maximum atomic E-state index is 12.6. The summed E-state index contributed by atoms with van der Waals surface area (Å²) in [6.07, 6.45) is 1.39. The van der Waals surface area contributed by atoms with E-state index >= 15 is 0 Å². The smallest absolute Gasteiger partial charge is 0.336 e. The van der Waals surface area contributed by atoms with Gasteiger partial charge in [-0.05, 0) is 38.2 Å². The third-order valence-corrected chi connectivity index (χ3v) is 6.10. The molecule has 35 heavy (non-hydrogen) atoms. The van der Waals surface area contributed by atoms with E-state index in [1.165, 1.54) is 6.07 Å². The average molecular weight is 480 g/mol. The molecule has 0 spiro atoms. The van der Waals surface area contributed by atoms with Crippen molar-refractivity contribution in [1.29, 1.82) is 0 Å². The van der Waals surface area contributed by atoms with Crippen LogP contribution in [0.5, 0.6) is 11.5 Å². The molecule has 2 N–H and O–H groups in total. The Morgan fingerprint density at radius 2 is 1.89 bits per heavy atom. The highest BCUT2D eigenvalue weighted by molar-refractivity contribution is 6.00. The molecule has 0 radical (unpaired) electrons. The van der Waals surface area contributed by atoms with E-state index in [4.69, 9.17) is 13.9 Å². The van der Waals surface area contributed by atoms with Gasteiger partial charge in [0, 0.05) is 23.3 Å². The second kappa shape index (κ2) is 9.44. The first-order valence-corrected chi connectivity index (χ1v) is 11.6. The number of hydrogen-bond acceptors (Lipinski definition) is 6. The number of nitrogens with one attached hydrogen (secondary N) is 1. The molecular formula is C27H29NO7. The summed E-state index contributed by atoms with van der Waals surface area (Å²) < 4.78 is 17.8. The van der Waals surface area contributed by atoms with Gasteiger partial charge in [0.05, 0.1) is 5.39 Å². The van der Waals surface area contributed by atoms with Crippen molar-refractivity contribution in [2.45, 2.75) is 52.2 Å². The molecule has 1 atom stereocenters. The Balaban J connectivity index is 1.80. The van der Waals surface area contributed by atoms with Gasteiger partial charge in [-0.25, -0.2) is 9.59 Å². The maximum absolute atomic E-state index is 12.6. The van der Waals surface area contributed by atoms with Crippen molar-refractivity contribution >= 4 is 22.8 Å². The number of fused-ring (bicyclic) bond motifs is 3. The minimum atomic E-state index is -1.11. The van der Waals surface area contributed by atoms with Gasteiger partial charge in [0.1, 0.15) is 28.7 Å². The topological polar surface area (TPSA) is 115 Å². The highest BCUT2D eigenvalue weighted by atomic mass is 16.5. The van der Waals surface area contributed by atoms with Crippen molar-refractivity contribution in [3.63, 3.8) is 0 Å². The first-order chi connectivity index (χ1) is 16.6. The monoisotopic (exact) mass is 479 g/mol. The van der Waals surface area contributed by atoms with Gasteiger partial charge in [-0.15, -0.1) is 0 Å². The highest BCUT2D eigenvalue weighted by Gasteiger charge is 2.31. The van der Waals surface area contributed by atoms with Crippen molar-refractivity contribution in [3.8, 4) is 22.6 Å². The predicted molar refractivity (Wildman–Crippen MR) is 131 cm³/mol. The molecule has 0 saturated carbocycles. The number of amides is 1. The first kappa shape index (κ1) is 24.3. The molecule has 1 aliphatic rings. The van der Waals surface area contributed by atoms with Gasteiger partial charge >= 0.3 is 11.6 Å². The summed E-state index contributed by atoms with van der Waals surface area (Å²) in [5.41, 5.74) is 1.63. The number of aliphatic carboxylic acids is 1. The Kier molecular flexibility index (Phi) is 6.56. The molecule has 8 heteroatoms. The Hall–Kier alpha value is -3.81. The second-order valence-electron chi connectivity index (χ2n) is 9.68. The minimum Gasteiger partial charge on any atom is -0.487 e. The first-order valence-electron chi connectivity index (χ1n) is 11.6. The number of aryl methyl sites for hydroxylation is 1. The maximum Gasteiger partial charge on any atom is 0.336 e. The number of rotatable bonds is 7. The summed E-state index contributed by atoms with van der Waals surface area (Å²) in [5, 5.41) is 12.4. The fraction of sp³-hybridized carbons (Fsp3) is 0.370. The Bertz CT molecular complexity index is 1320. The van der Waals surface area contributed by atoms with Crippen LogP contribution in [0.15, 0.2) is 51.7 Å². The van der Waals surface area contributed by atoms with Crippen molar-refractivity contribution in [1.82, 2.24) is 5.32 Å². The lowest BCUT2D eigenvalue weighted by Crippen LogP contribution is -2.46. The van der Waals surface area contributed by atoms with Gasteiger partial charge in [0.2, 0.25) is 0 Å². The standard InChI is InChI=1S/C27H29NO7/c1-15(2)24(26(31)32)28-21(29)14-33-20-13-19-17(10-11-27(3,4)35-19)25-23(20)18(12-22(30)34-25)16-8-6-5-7-9-16/h5-9,12-13,15,24H,10-11,14H2,1-4H3,(H,28,29)(H,31,32)/t24-/m0/s1. The van der Waals surface area contributed by atoms with Crippen LogP contribution in [0.1, 0.15) is 39.7 Å². The van der Waals surface area contributed by atoms with Crippen LogP contribution in [0.3, 0.4) is 0 Å². The molecule has 0 aliphatic carbocycles. The molecule has 1 aliphatic heterocycles. The van der Waals surface area contributed by atoms with Crippen molar-refractivity contribution in [2.75, 3.05) is 6.61 Å². The zero-order valence-corrected chi connectivity index (χ0v) is 20.2. The summed E-state index contributed by atoms with van der Waals surface area (Å²) >= 11 is 0. The van der Waals surface area contributed by atoms with Crippen molar-refractivity contribution in [2.24, 2.45) is 5.92 Å². The van der Waals surface area contributed by atoms with E-state index in [9.17, 15) is 19.5 Å². The fourth-order valence-electron chi connectivity index (χ4n) is 4.27. The van der Waals surface area contributed by atoms with Crippen LogP contribution < -0.4 is 20.4 Å². The highest BCUT2D eigenvalue weighted by Crippen LogP contribution is 2.44. The van der Waals surface area contributed by atoms with E-state index < -0.39 is 35.8 Å². The molecule has 1 amide bonds. The minimum absolute atomic E-state index is 0.296. The third kappa shape index (κ3) is 5.16. The SMILES string of the molecule is CC(C)[C@H](NC(=O)COc1cc2c(c3oc(=O)cc(-c4ccccc4)c13)CCC(C)(C)O2)C(=O)O. The summed E-state index contributed by atoms with van der Waals surface area (Å²) in [6.45, 7) is 6.96. The molecule has 2 aromatic carbocycles. The molecule has 0 unspecified atom stereocenters. The molecule has 3 aromatic rings. The molecule has 4 rings (SSSR count). The van der Waals surface area contributed by atoms with Gasteiger partial charge in [0.15, 0.2) is 6.61 Å².